The molecule has 3 saturated heterocycles. The van der Waals surface area contributed by atoms with E-state index in [-0.39, 0.29) is 22.2 Å². The van der Waals surface area contributed by atoms with Crippen molar-refractivity contribution < 1.29 is 13.2 Å². The predicted molar refractivity (Wildman–Crippen MR) is 101 cm³/mol. The second-order valence-electron chi connectivity index (χ2n) is 8.06. The molecule has 4 bridgehead atoms. The van der Waals surface area contributed by atoms with E-state index in [9.17, 15) is 13.2 Å². The second-order valence-corrected chi connectivity index (χ2v) is 10.2. The quantitative estimate of drug-likeness (QED) is 0.501. The van der Waals surface area contributed by atoms with Crippen LogP contribution in [0.5, 0.6) is 0 Å². The lowest BCUT2D eigenvalue weighted by Gasteiger charge is -2.35. The molecule has 6 atom stereocenters. The summed E-state index contributed by atoms with van der Waals surface area (Å²) in [5.41, 5.74) is -3.38. The molecule has 5 aliphatic rings. The highest BCUT2D eigenvalue weighted by atomic mass is 127. The maximum Gasteiger partial charge on any atom is 0.446 e. The van der Waals surface area contributed by atoms with E-state index in [2.05, 4.69) is 22.7 Å². The molecule has 26 heavy (non-hydrogen) atoms. The molecule has 2 aromatic rings. The number of thioether (sulfide) groups is 1. The van der Waals surface area contributed by atoms with E-state index in [1.165, 1.54) is 12.8 Å². The topological polar surface area (TPSA) is 41.4 Å². The molecule has 9 heteroatoms. The Morgan fingerprint density at radius 1 is 1.31 bits per heavy atom. The molecule has 2 aromatic heterocycles. The summed E-state index contributed by atoms with van der Waals surface area (Å²) in [5, 5.41) is 11.9. The van der Waals surface area contributed by atoms with Gasteiger partial charge < -0.3 is 10.6 Å². The first kappa shape index (κ1) is 16.3. The van der Waals surface area contributed by atoms with Crippen LogP contribution in [0.25, 0.3) is 5.52 Å². The van der Waals surface area contributed by atoms with E-state index in [0.29, 0.717) is 38.6 Å². The molecule has 3 unspecified atom stereocenters. The fourth-order valence-electron chi connectivity index (χ4n) is 6.33. The molecule has 0 spiro atoms. The standard InChI is InChI=1S/C17H16F3IN4S/c1-15-12-7-5-6-8(22-7)13(15)16(12,15)23-10-4-2-3-9-11(26-17(18,19)20)14(21)24-25(9)10/h2-4,7-8,12-13,22-23H,5-6H2,1H3/t7-,8+,12+,13?,15?,16?/m1/s1. The average molecular weight is 492 g/mol. The summed E-state index contributed by atoms with van der Waals surface area (Å²) >= 11 is 1.80. The zero-order chi connectivity index (χ0) is 18.1. The number of aromatic nitrogens is 2. The van der Waals surface area contributed by atoms with Crippen molar-refractivity contribution in [2.75, 3.05) is 5.32 Å². The molecule has 0 amide bonds. The molecule has 2 aliphatic carbocycles. The molecule has 5 heterocycles. The number of halogens is 4. The van der Waals surface area contributed by atoms with Crippen LogP contribution in [0.1, 0.15) is 19.8 Å². The van der Waals surface area contributed by atoms with E-state index < -0.39 is 5.51 Å². The Kier molecular flexibility index (Phi) is 2.91. The average Bonchev–Trinajstić information content (AvgIpc) is 3.13. The molecule has 3 aliphatic heterocycles. The van der Waals surface area contributed by atoms with E-state index in [0.717, 1.165) is 5.82 Å². The van der Waals surface area contributed by atoms with Crippen molar-refractivity contribution in [1.29, 1.82) is 0 Å². The first-order chi connectivity index (χ1) is 12.3. The third-order valence-corrected chi connectivity index (χ3v) is 9.10. The summed E-state index contributed by atoms with van der Waals surface area (Å²) in [6, 6.07) is 6.61. The minimum absolute atomic E-state index is 0.0856. The molecule has 4 nitrogen and oxygen atoms in total. The molecule has 5 fully saturated rings. The minimum Gasteiger partial charge on any atom is -0.363 e. The van der Waals surface area contributed by atoms with Crippen LogP contribution in [0, 0.1) is 21.0 Å². The zero-order valence-corrected chi connectivity index (χ0v) is 16.7. The van der Waals surface area contributed by atoms with Gasteiger partial charge in [0.1, 0.15) is 9.52 Å². The maximum atomic E-state index is 12.9. The molecular weight excluding hydrogens is 476 g/mol. The first-order valence-corrected chi connectivity index (χ1v) is 10.6. The highest BCUT2D eigenvalue weighted by Gasteiger charge is 3.00. The summed E-state index contributed by atoms with van der Waals surface area (Å²) in [5.74, 6) is 2.03. The van der Waals surface area contributed by atoms with Crippen LogP contribution in [-0.4, -0.2) is 32.7 Å². The van der Waals surface area contributed by atoms with Crippen LogP contribution in [0.15, 0.2) is 23.1 Å². The van der Waals surface area contributed by atoms with E-state index >= 15 is 0 Å². The highest BCUT2D eigenvalue weighted by molar-refractivity contribution is 14.1. The first-order valence-electron chi connectivity index (χ1n) is 8.74. The second kappa shape index (κ2) is 4.65. The minimum atomic E-state index is -4.32. The van der Waals surface area contributed by atoms with Crippen LogP contribution in [0.2, 0.25) is 0 Å². The van der Waals surface area contributed by atoms with Gasteiger partial charge in [0.15, 0.2) is 0 Å². The Labute approximate surface area is 165 Å². The van der Waals surface area contributed by atoms with E-state index in [4.69, 9.17) is 0 Å². The predicted octanol–water partition coefficient (Wildman–Crippen LogP) is 4.10. The molecule has 2 N–H and O–H groups in total. The Hall–Kier alpha value is -0.680. The summed E-state index contributed by atoms with van der Waals surface area (Å²) in [4.78, 5) is 0.176. The number of anilines is 1. The number of pyridine rings is 1. The highest BCUT2D eigenvalue weighted by Crippen LogP contribution is 2.92. The van der Waals surface area contributed by atoms with E-state index in [1.807, 2.05) is 34.7 Å². The number of fused-ring (bicyclic) bond motifs is 1. The number of rotatable bonds is 3. The number of nitrogens with one attached hydrogen (secondary N) is 2. The Balaban J connectivity index is 1.39. The Morgan fingerprint density at radius 2 is 2.00 bits per heavy atom. The lowest BCUT2D eigenvalue weighted by atomic mass is 9.85. The lowest BCUT2D eigenvalue weighted by Crippen LogP contribution is -2.51. The summed E-state index contributed by atoms with van der Waals surface area (Å²) in [7, 11) is 0. The van der Waals surface area contributed by atoms with Gasteiger partial charge in [0.25, 0.3) is 0 Å². The maximum absolute atomic E-state index is 12.9. The lowest BCUT2D eigenvalue weighted by molar-refractivity contribution is -0.0328. The van der Waals surface area contributed by atoms with Crippen molar-refractivity contribution in [3.05, 3.63) is 21.9 Å². The van der Waals surface area contributed by atoms with Gasteiger partial charge in [0.05, 0.1) is 16.0 Å². The van der Waals surface area contributed by atoms with Gasteiger partial charge in [-0.1, -0.05) is 13.0 Å². The van der Waals surface area contributed by atoms with E-state index in [1.54, 1.807) is 10.6 Å². The molecular formula is C17H16F3IN4S. The third kappa shape index (κ3) is 1.76. The van der Waals surface area contributed by atoms with Gasteiger partial charge in [-0.25, -0.2) is 4.52 Å². The molecule has 0 aromatic carbocycles. The Morgan fingerprint density at radius 3 is 2.65 bits per heavy atom. The van der Waals surface area contributed by atoms with Crippen LogP contribution >= 0.6 is 34.4 Å². The SMILES string of the molecule is CC12C3[C@@H]4CC[C@@H](N4)[C@@H]1C32Nc1cccc2c(SC(F)(F)F)c(I)nn12. The number of nitrogens with zero attached hydrogens (tertiary/aromatic N) is 2. The number of piperidine rings is 2. The fraction of sp³-hybridized carbons (Fsp3) is 0.588. The van der Waals surface area contributed by atoms with Crippen molar-refractivity contribution in [1.82, 2.24) is 14.9 Å². The smallest absolute Gasteiger partial charge is 0.363 e. The van der Waals surface area contributed by atoms with Crippen LogP contribution in [-0.2, 0) is 0 Å². The van der Waals surface area contributed by atoms with Gasteiger partial charge in [-0.15, -0.1) is 0 Å². The van der Waals surface area contributed by atoms with Crippen LogP contribution in [0.3, 0.4) is 0 Å². The van der Waals surface area contributed by atoms with Crippen molar-refractivity contribution in [2.24, 2.45) is 17.3 Å². The van der Waals surface area contributed by atoms with Gasteiger partial charge in [-0.05, 0) is 59.3 Å². The van der Waals surface area contributed by atoms with Gasteiger partial charge in [-0.3, -0.25) is 0 Å². The van der Waals surface area contributed by atoms with Crippen molar-refractivity contribution in [3.8, 4) is 0 Å². The summed E-state index contributed by atoms with van der Waals surface area (Å²) in [6.45, 7) is 2.36. The van der Waals surface area contributed by atoms with Gasteiger partial charge in [0.2, 0.25) is 0 Å². The molecule has 7 rings (SSSR count). The summed E-state index contributed by atoms with van der Waals surface area (Å²) in [6.07, 6.45) is 2.47. The summed E-state index contributed by atoms with van der Waals surface area (Å²) < 4.78 is 40.8. The molecule has 138 valence electrons. The fourth-order valence-corrected chi connectivity index (χ4v) is 7.76. The number of alkyl halides is 3. The molecule has 2 saturated carbocycles. The number of hydrogen-bond donors (Lipinski definition) is 2. The monoisotopic (exact) mass is 492 g/mol. The molecule has 0 radical (unpaired) electrons. The van der Waals surface area contributed by atoms with Gasteiger partial charge in [0, 0.05) is 29.3 Å². The largest absolute Gasteiger partial charge is 0.446 e. The third-order valence-electron chi connectivity index (χ3n) is 7.14. The van der Waals surface area contributed by atoms with Crippen LogP contribution in [0.4, 0.5) is 19.0 Å². The van der Waals surface area contributed by atoms with Gasteiger partial charge in [-0.2, -0.15) is 18.3 Å². The zero-order valence-electron chi connectivity index (χ0n) is 13.8. The van der Waals surface area contributed by atoms with Crippen molar-refractivity contribution >= 4 is 45.7 Å². The van der Waals surface area contributed by atoms with Crippen molar-refractivity contribution in [2.45, 2.75) is 47.8 Å². The number of hydrogen-bond acceptors (Lipinski definition) is 4. The van der Waals surface area contributed by atoms with Crippen molar-refractivity contribution in [3.63, 3.8) is 0 Å². The Bertz CT molecular complexity index is 939. The van der Waals surface area contributed by atoms with Gasteiger partial charge >= 0.3 is 5.51 Å². The van der Waals surface area contributed by atoms with Crippen LogP contribution < -0.4 is 10.6 Å². The normalized spacial score (nSPS) is 42.0.